The third-order valence-corrected chi connectivity index (χ3v) is 6.40. The Balaban J connectivity index is 1.76. The molecule has 0 unspecified atom stereocenters. The predicted octanol–water partition coefficient (Wildman–Crippen LogP) is 3.42. The van der Waals surface area contributed by atoms with Gasteiger partial charge in [0.25, 0.3) is 23.4 Å². The number of ketones is 1. The average Bonchev–Trinajstić information content (AvgIpc) is 3.10. The molecule has 0 saturated carbocycles. The standard InChI is InChI=1S/C25H23N3O6/c1-15-7-6-10-20-21(15)25(32)27(24(20)31)26(16(2)22(29)17-8-4-3-5-9-17)23(30)18-11-13-19(14-12-18)28(33)34/h3-9,11-16,20-21H,10H2,1-2H3/t15-,16+,20+,21-/m1/s1. The summed E-state index contributed by atoms with van der Waals surface area (Å²) in [5.41, 5.74) is 0.124. The SMILES string of the molecule is C[C@@H]1C=CC[C@@H]2C(=O)N(N(C(=O)c3ccc([N+](=O)[O-])cc3)[C@@H](C)C(=O)c3ccccc3)C(=O)[C@H]12. The van der Waals surface area contributed by atoms with E-state index in [1.165, 1.54) is 19.1 Å². The first-order valence-corrected chi connectivity index (χ1v) is 10.9. The maximum absolute atomic E-state index is 13.6. The van der Waals surface area contributed by atoms with Gasteiger partial charge in [-0.2, -0.15) is 5.01 Å². The van der Waals surface area contributed by atoms with E-state index in [-0.39, 0.29) is 17.2 Å². The van der Waals surface area contributed by atoms with Gasteiger partial charge < -0.3 is 0 Å². The van der Waals surface area contributed by atoms with Crippen molar-refractivity contribution in [3.8, 4) is 0 Å². The van der Waals surface area contributed by atoms with Gasteiger partial charge in [-0.25, -0.2) is 5.01 Å². The number of Topliss-reactive ketones (excluding diaryl/α,β-unsaturated/α-hetero) is 1. The lowest BCUT2D eigenvalue weighted by Gasteiger charge is -2.34. The zero-order valence-corrected chi connectivity index (χ0v) is 18.7. The van der Waals surface area contributed by atoms with Crippen molar-refractivity contribution >= 4 is 29.2 Å². The van der Waals surface area contributed by atoms with Crippen molar-refractivity contribution < 1.29 is 24.1 Å². The number of nitrogens with zero attached hydrogens (tertiary/aromatic N) is 3. The molecule has 0 bridgehead atoms. The number of rotatable bonds is 6. The molecule has 1 aliphatic heterocycles. The number of nitro benzene ring substituents is 1. The van der Waals surface area contributed by atoms with Crippen LogP contribution in [0, 0.1) is 27.9 Å². The largest absolute Gasteiger partial charge is 0.292 e. The highest BCUT2D eigenvalue weighted by atomic mass is 16.6. The molecule has 9 nitrogen and oxygen atoms in total. The number of hydrogen-bond acceptors (Lipinski definition) is 6. The van der Waals surface area contributed by atoms with E-state index in [4.69, 9.17) is 0 Å². The second-order valence-corrected chi connectivity index (χ2v) is 8.50. The molecule has 34 heavy (non-hydrogen) atoms. The number of allylic oxidation sites excluding steroid dienone is 2. The minimum atomic E-state index is -1.18. The van der Waals surface area contributed by atoms with E-state index in [9.17, 15) is 29.3 Å². The lowest BCUT2D eigenvalue weighted by molar-refractivity contribution is -0.384. The molecule has 4 atom stereocenters. The molecule has 0 spiro atoms. The van der Waals surface area contributed by atoms with E-state index in [1.807, 2.05) is 19.1 Å². The van der Waals surface area contributed by atoms with Crippen LogP contribution in [0.5, 0.6) is 0 Å². The summed E-state index contributed by atoms with van der Waals surface area (Å²) in [5, 5.41) is 12.7. The van der Waals surface area contributed by atoms with Crippen LogP contribution in [0.25, 0.3) is 0 Å². The van der Waals surface area contributed by atoms with E-state index in [0.717, 1.165) is 22.2 Å². The van der Waals surface area contributed by atoms with Crippen LogP contribution in [0.3, 0.4) is 0 Å². The molecule has 4 rings (SSSR count). The van der Waals surface area contributed by atoms with E-state index < -0.39 is 46.3 Å². The van der Waals surface area contributed by atoms with E-state index in [1.54, 1.807) is 30.3 Å². The predicted molar refractivity (Wildman–Crippen MR) is 121 cm³/mol. The molecule has 0 radical (unpaired) electrons. The Hall–Kier alpha value is -4.14. The normalized spacial score (nSPS) is 22.3. The molecule has 2 aromatic rings. The number of non-ortho nitro benzene ring substituents is 1. The topological polar surface area (TPSA) is 118 Å². The summed E-state index contributed by atoms with van der Waals surface area (Å²) in [6, 6.07) is 11.9. The van der Waals surface area contributed by atoms with Crippen LogP contribution < -0.4 is 0 Å². The molecule has 1 aliphatic carbocycles. The van der Waals surface area contributed by atoms with Crippen LogP contribution in [-0.2, 0) is 9.59 Å². The number of imide groups is 1. The Kier molecular flexibility index (Phi) is 6.10. The van der Waals surface area contributed by atoms with Crippen LogP contribution in [0.1, 0.15) is 41.0 Å². The molecule has 2 aliphatic rings. The minimum absolute atomic E-state index is 0.0138. The van der Waals surface area contributed by atoms with Crippen LogP contribution >= 0.6 is 0 Å². The summed E-state index contributed by atoms with van der Waals surface area (Å²) in [4.78, 5) is 64.1. The van der Waals surface area contributed by atoms with Crippen LogP contribution in [-0.4, -0.2) is 44.5 Å². The van der Waals surface area contributed by atoms with Gasteiger partial charge in [0.1, 0.15) is 6.04 Å². The number of amides is 3. The number of carbonyl (C=O) groups excluding carboxylic acids is 4. The van der Waals surface area contributed by atoms with E-state index in [2.05, 4.69) is 0 Å². The van der Waals surface area contributed by atoms with Crippen molar-refractivity contribution in [3.63, 3.8) is 0 Å². The number of hydrazine groups is 1. The Morgan fingerprint density at radius 2 is 1.68 bits per heavy atom. The molecular weight excluding hydrogens is 438 g/mol. The molecule has 2 aromatic carbocycles. The fourth-order valence-corrected chi connectivity index (χ4v) is 4.60. The first kappa shape index (κ1) is 23.0. The van der Waals surface area contributed by atoms with Crippen LogP contribution in [0.2, 0.25) is 0 Å². The van der Waals surface area contributed by atoms with Gasteiger partial charge in [0, 0.05) is 23.3 Å². The lowest BCUT2D eigenvalue weighted by Crippen LogP contribution is -2.56. The number of fused-ring (bicyclic) bond motifs is 1. The van der Waals surface area contributed by atoms with Crippen molar-refractivity contribution in [1.82, 2.24) is 10.0 Å². The highest BCUT2D eigenvalue weighted by molar-refractivity contribution is 6.10. The van der Waals surface area contributed by atoms with E-state index >= 15 is 0 Å². The molecule has 174 valence electrons. The van der Waals surface area contributed by atoms with Gasteiger partial charge in [0.15, 0.2) is 5.78 Å². The second kappa shape index (κ2) is 9.01. The molecule has 1 heterocycles. The van der Waals surface area contributed by atoms with E-state index in [0.29, 0.717) is 12.0 Å². The highest BCUT2D eigenvalue weighted by Gasteiger charge is 2.54. The Morgan fingerprint density at radius 3 is 2.26 bits per heavy atom. The molecule has 1 saturated heterocycles. The first-order valence-electron chi connectivity index (χ1n) is 10.9. The van der Waals surface area contributed by atoms with Crippen molar-refractivity contribution in [2.75, 3.05) is 0 Å². The number of nitro groups is 1. The Labute approximate surface area is 195 Å². The summed E-state index contributed by atoms with van der Waals surface area (Å²) in [6.07, 6.45) is 4.09. The maximum Gasteiger partial charge on any atom is 0.273 e. The lowest BCUT2D eigenvalue weighted by atomic mass is 9.78. The molecular formula is C25H23N3O6. The van der Waals surface area contributed by atoms with Crippen molar-refractivity contribution in [1.29, 1.82) is 0 Å². The Morgan fingerprint density at radius 1 is 1.03 bits per heavy atom. The van der Waals surface area contributed by atoms with Gasteiger partial charge in [-0.1, -0.05) is 49.4 Å². The molecule has 0 aromatic heterocycles. The summed E-state index contributed by atoms with van der Waals surface area (Å²) in [5.74, 6) is -3.71. The summed E-state index contributed by atoms with van der Waals surface area (Å²) in [7, 11) is 0. The minimum Gasteiger partial charge on any atom is -0.292 e. The quantitative estimate of drug-likeness (QED) is 0.214. The maximum atomic E-state index is 13.6. The number of carbonyl (C=O) groups is 4. The van der Waals surface area contributed by atoms with Gasteiger partial charge in [-0.15, -0.1) is 0 Å². The van der Waals surface area contributed by atoms with Crippen molar-refractivity contribution in [3.05, 3.63) is 88.0 Å². The first-order chi connectivity index (χ1) is 16.2. The number of hydrogen-bond donors (Lipinski definition) is 0. The Bertz CT molecular complexity index is 1190. The van der Waals surface area contributed by atoms with Crippen molar-refractivity contribution in [2.24, 2.45) is 17.8 Å². The average molecular weight is 461 g/mol. The van der Waals surface area contributed by atoms with Gasteiger partial charge in [-0.05, 0) is 31.4 Å². The second-order valence-electron chi connectivity index (χ2n) is 8.50. The monoisotopic (exact) mass is 461 g/mol. The fourth-order valence-electron chi connectivity index (χ4n) is 4.60. The van der Waals surface area contributed by atoms with Crippen LogP contribution in [0.15, 0.2) is 66.7 Å². The number of benzene rings is 2. The summed E-state index contributed by atoms with van der Waals surface area (Å²) >= 11 is 0. The van der Waals surface area contributed by atoms with Gasteiger partial charge in [0.2, 0.25) is 0 Å². The molecule has 1 fully saturated rings. The molecule has 3 amide bonds. The zero-order chi connectivity index (χ0) is 24.6. The zero-order valence-electron chi connectivity index (χ0n) is 18.7. The summed E-state index contributed by atoms with van der Waals surface area (Å²) < 4.78 is 0. The van der Waals surface area contributed by atoms with Gasteiger partial charge in [-0.3, -0.25) is 29.3 Å². The van der Waals surface area contributed by atoms with Gasteiger partial charge in [0.05, 0.1) is 16.8 Å². The fraction of sp³-hybridized carbons (Fsp3) is 0.280. The molecule has 0 N–H and O–H groups in total. The third kappa shape index (κ3) is 3.89. The third-order valence-electron chi connectivity index (χ3n) is 6.40. The highest BCUT2D eigenvalue weighted by Crippen LogP contribution is 2.40. The summed E-state index contributed by atoms with van der Waals surface area (Å²) in [6.45, 7) is 3.30. The van der Waals surface area contributed by atoms with Crippen molar-refractivity contribution in [2.45, 2.75) is 26.3 Å². The van der Waals surface area contributed by atoms with Gasteiger partial charge >= 0.3 is 0 Å². The molecule has 9 heteroatoms. The van der Waals surface area contributed by atoms with Crippen LogP contribution in [0.4, 0.5) is 5.69 Å². The smallest absolute Gasteiger partial charge is 0.273 e.